The van der Waals surface area contributed by atoms with E-state index in [0.717, 1.165) is 5.52 Å². The topological polar surface area (TPSA) is 63.4 Å². The highest BCUT2D eigenvalue weighted by molar-refractivity contribution is 6.40. The Morgan fingerprint density at radius 3 is 2.33 bits per heavy atom. The third-order valence-corrected chi connectivity index (χ3v) is 4.26. The molecule has 2 aromatic carbocycles. The molecule has 0 bridgehead atoms. The van der Waals surface area contributed by atoms with Crippen LogP contribution in [0, 0.1) is 0 Å². The zero-order valence-electron chi connectivity index (χ0n) is 12.9. The number of para-hydroxylation sites is 1. The molecule has 2 N–H and O–H groups in total. The summed E-state index contributed by atoms with van der Waals surface area (Å²) in [5.74, 6) is 0.783. The molecule has 3 aromatic rings. The second kappa shape index (κ2) is 6.63. The van der Waals surface area contributed by atoms with Gasteiger partial charge in [-0.25, -0.2) is 0 Å². The molecule has 5 nitrogen and oxygen atoms in total. The number of hydrogen-bond acceptors (Lipinski definition) is 3. The first-order chi connectivity index (χ1) is 11.5. The van der Waals surface area contributed by atoms with Crippen molar-refractivity contribution in [1.82, 2.24) is 4.98 Å². The van der Waals surface area contributed by atoms with Gasteiger partial charge in [0.1, 0.15) is 0 Å². The number of benzene rings is 2. The number of carbonyl (C=O) groups excluding carboxylic acids is 1. The Morgan fingerprint density at radius 1 is 1.08 bits per heavy atom. The summed E-state index contributed by atoms with van der Waals surface area (Å²) in [6, 6.07) is 8.54. The van der Waals surface area contributed by atoms with Crippen LogP contribution in [0.3, 0.4) is 0 Å². The summed E-state index contributed by atoms with van der Waals surface area (Å²) in [7, 11) is 3.10. The van der Waals surface area contributed by atoms with Crippen molar-refractivity contribution < 1.29 is 14.3 Å². The Kier molecular flexibility index (Phi) is 4.55. The minimum Gasteiger partial charge on any atom is -0.493 e. The maximum absolute atomic E-state index is 12.6. The molecule has 0 saturated carbocycles. The van der Waals surface area contributed by atoms with Crippen molar-refractivity contribution in [1.29, 1.82) is 0 Å². The first-order valence-corrected chi connectivity index (χ1v) is 7.79. The average molecular weight is 365 g/mol. The molecule has 1 aromatic heterocycles. The van der Waals surface area contributed by atoms with Crippen LogP contribution in [-0.2, 0) is 0 Å². The van der Waals surface area contributed by atoms with Gasteiger partial charge < -0.3 is 19.8 Å². The lowest BCUT2D eigenvalue weighted by molar-refractivity contribution is 0.102. The highest BCUT2D eigenvalue weighted by atomic mass is 35.5. The number of amides is 1. The van der Waals surface area contributed by atoms with Gasteiger partial charge in [0, 0.05) is 17.6 Å². The molecule has 0 aliphatic carbocycles. The maximum Gasteiger partial charge on any atom is 0.257 e. The number of nitrogens with one attached hydrogen (secondary N) is 2. The van der Waals surface area contributed by atoms with E-state index in [4.69, 9.17) is 32.7 Å². The van der Waals surface area contributed by atoms with Crippen LogP contribution in [0.15, 0.2) is 36.5 Å². The van der Waals surface area contributed by atoms with Crippen molar-refractivity contribution in [3.05, 3.63) is 52.1 Å². The van der Waals surface area contributed by atoms with Gasteiger partial charge in [0.25, 0.3) is 5.91 Å². The van der Waals surface area contributed by atoms with Crippen molar-refractivity contribution in [2.75, 3.05) is 19.5 Å². The number of ether oxygens (including phenoxy) is 2. The summed E-state index contributed by atoms with van der Waals surface area (Å²) in [5, 5.41) is 4.19. The van der Waals surface area contributed by atoms with Crippen molar-refractivity contribution >= 4 is 45.7 Å². The predicted octanol–water partition coefficient (Wildman–Crippen LogP) is 4.74. The SMILES string of the molecule is COc1cc2[nH]cc(C(=O)Nc3c(Cl)cccc3Cl)c2cc1OC. The van der Waals surface area contributed by atoms with Crippen molar-refractivity contribution in [2.24, 2.45) is 0 Å². The molecule has 0 saturated heterocycles. The third-order valence-electron chi connectivity index (χ3n) is 3.63. The quantitative estimate of drug-likeness (QED) is 0.702. The zero-order valence-corrected chi connectivity index (χ0v) is 14.5. The lowest BCUT2D eigenvalue weighted by Gasteiger charge is -2.10. The first kappa shape index (κ1) is 16.5. The molecule has 0 atom stereocenters. The number of halogens is 2. The number of aromatic amines is 1. The fourth-order valence-electron chi connectivity index (χ4n) is 2.43. The first-order valence-electron chi connectivity index (χ1n) is 7.03. The lowest BCUT2D eigenvalue weighted by atomic mass is 10.1. The van der Waals surface area contributed by atoms with Crippen LogP contribution in [0.4, 0.5) is 5.69 Å². The number of fused-ring (bicyclic) bond motifs is 1. The summed E-state index contributed by atoms with van der Waals surface area (Å²) < 4.78 is 10.6. The molecule has 0 spiro atoms. The Morgan fingerprint density at radius 2 is 1.71 bits per heavy atom. The summed E-state index contributed by atoms with van der Waals surface area (Å²) in [6.45, 7) is 0. The maximum atomic E-state index is 12.6. The van der Waals surface area contributed by atoms with Crippen LogP contribution >= 0.6 is 23.2 Å². The van der Waals surface area contributed by atoms with Gasteiger partial charge in [-0.15, -0.1) is 0 Å². The van der Waals surface area contributed by atoms with Gasteiger partial charge in [0.15, 0.2) is 11.5 Å². The van der Waals surface area contributed by atoms with Gasteiger partial charge in [-0.1, -0.05) is 29.3 Å². The Labute approximate surface area is 148 Å². The van der Waals surface area contributed by atoms with E-state index in [1.807, 2.05) is 0 Å². The van der Waals surface area contributed by atoms with Crippen LogP contribution < -0.4 is 14.8 Å². The number of hydrogen-bond donors (Lipinski definition) is 2. The molecule has 0 aliphatic rings. The Balaban J connectivity index is 2.01. The van der Waals surface area contributed by atoms with E-state index in [1.54, 1.807) is 50.7 Å². The number of methoxy groups -OCH3 is 2. The molecule has 3 rings (SSSR count). The van der Waals surface area contributed by atoms with E-state index in [2.05, 4.69) is 10.3 Å². The molecule has 124 valence electrons. The Hall–Kier alpha value is -2.37. The molecule has 0 aliphatic heterocycles. The lowest BCUT2D eigenvalue weighted by Crippen LogP contribution is -2.12. The molecule has 0 radical (unpaired) electrons. The van der Waals surface area contributed by atoms with Crippen LogP contribution in [-0.4, -0.2) is 25.1 Å². The summed E-state index contributed by atoms with van der Waals surface area (Å²) in [6.07, 6.45) is 1.61. The number of H-pyrrole nitrogens is 1. The van der Waals surface area contributed by atoms with Gasteiger partial charge in [-0.2, -0.15) is 0 Å². The van der Waals surface area contributed by atoms with Gasteiger partial charge in [0.05, 0.1) is 41.0 Å². The van der Waals surface area contributed by atoms with Gasteiger partial charge in [-0.05, 0) is 18.2 Å². The molecule has 0 unspecified atom stereocenters. The van der Waals surface area contributed by atoms with E-state index in [-0.39, 0.29) is 5.91 Å². The van der Waals surface area contributed by atoms with Gasteiger partial charge in [-0.3, -0.25) is 4.79 Å². The molecule has 1 heterocycles. The number of carbonyl (C=O) groups is 1. The minimum absolute atomic E-state index is 0.330. The van der Waals surface area contributed by atoms with Gasteiger partial charge >= 0.3 is 0 Å². The van der Waals surface area contributed by atoms with E-state index >= 15 is 0 Å². The van der Waals surface area contributed by atoms with Crippen LogP contribution in [0.2, 0.25) is 10.0 Å². The monoisotopic (exact) mass is 364 g/mol. The van der Waals surface area contributed by atoms with E-state index in [0.29, 0.717) is 38.2 Å². The third kappa shape index (κ3) is 2.88. The fraction of sp³-hybridized carbons (Fsp3) is 0.118. The number of anilines is 1. The number of aromatic nitrogens is 1. The standard InChI is InChI=1S/C17H14Cl2N2O3/c1-23-14-6-9-10(8-20-13(9)7-15(14)24-2)17(22)21-16-11(18)4-3-5-12(16)19/h3-8,20H,1-2H3,(H,21,22). The van der Waals surface area contributed by atoms with E-state index in [9.17, 15) is 4.79 Å². The smallest absolute Gasteiger partial charge is 0.257 e. The Bertz CT molecular complexity index is 901. The molecule has 0 fully saturated rings. The second-order valence-electron chi connectivity index (χ2n) is 5.01. The highest BCUT2D eigenvalue weighted by Gasteiger charge is 2.17. The van der Waals surface area contributed by atoms with Crippen molar-refractivity contribution in [3.8, 4) is 11.5 Å². The summed E-state index contributed by atoms with van der Waals surface area (Å²) >= 11 is 12.2. The molecule has 1 amide bonds. The largest absolute Gasteiger partial charge is 0.493 e. The minimum atomic E-state index is -0.330. The van der Waals surface area contributed by atoms with Crippen LogP contribution in [0.1, 0.15) is 10.4 Å². The number of rotatable bonds is 4. The predicted molar refractivity (Wildman–Crippen MR) is 95.8 cm³/mol. The normalized spacial score (nSPS) is 10.7. The molecule has 24 heavy (non-hydrogen) atoms. The van der Waals surface area contributed by atoms with Crippen molar-refractivity contribution in [3.63, 3.8) is 0 Å². The van der Waals surface area contributed by atoms with E-state index < -0.39 is 0 Å². The molecular weight excluding hydrogens is 351 g/mol. The van der Waals surface area contributed by atoms with Crippen molar-refractivity contribution in [2.45, 2.75) is 0 Å². The average Bonchev–Trinajstić information content (AvgIpc) is 2.99. The van der Waals surface area contributed by atoms with Crippen LogP contribution in [0.5, 0.6) is 11.5 Å². The highest BCUT2D eigenvalue weighted by Crippen LogP contribution is 2.34. The molecule has 7 heteroatoms. The van der Waals surface area contributed by atoms with E-state index in [1.165, 1.54) is 0 Å². The summed E-state index contributed by atoms with van der Waals surface area (Å²) in [4.78, 5) is 15.7. The summed E-state index contributed by atoms with van der Waals surface area (Å²) in [5.41, 5.74) is 1.57. The zero-order chi connectivity index (χ0) is 17.3. The van der Waals surface area contributed by atoms with Crippen LogP contribution in [0.25, 0.3) is 10.9 Å². The second-order valence-corrected chi connectivity index (χ2v) is 5.82. The fourth-order valence-corrected chi connectivity index (χ4v) is 2.93. The van der Waals surface area contributed by atoms with Gasteiger partial charge in [0.2, 0.25) is 0 Å². The molecular formula is C17H14Cl2N2O3.